The van der Waals surface area contributed by atoms with E-state index in [1.807, 2.05) is 29.2 Å². The highest BCUT2D eigenvalue weighted by Crippen LogP contribution is 2.34. The van der Waals surface area contributed by atoms with Crippen molar-refractivity contribution in [2.45, 2.75) is 18.6 Å². The summed E-state index contributed by atoms with van der Waals surface area (Å²) in [6.07, 6.45) is 1.57. The van der Waals surface area contributed by atoms with Crippen molar-refractivity contribution in [3.8, 4) is 0 Å². The van der Waals surface area contributed by atoms with Crippen molar-refractivity contribution in [1.29, 1.82) is 0 Å². The maximum absolute atomic E-state index is 9.85. The molecule has 0 amide bonds. The van der Waals surface area contributed by atoms with E-state index in [1.54, 1.807) is 0 Å². The number of benzene rings is 1. The fourth-order valence-corrected chi connectivity index (χ4v) is 3.04. The number of hydrogen-bond acceptors (Lipinski definition) is 6. The smallest absolute Gasteiger partial charge is 0.196 e. The second-order valence-corrected chi connectivity index (χ2v) is 5.35. The van der Waals surface area contributed by atoms with Gasteiger partial charge in [0.15, 0.2) is 11.4 Å². The maximum Gasteiger partial charge on any atom is 0.196 e. The van der Waals surface area contributed by atoms with Crippen LogP contribution in [0.1, 0.15) is 6.42 Å². The molecule has 0 radical (unpaired) electrons. The monoisotopic (exact) mass is 285 g/mol. The first-order valence-electron chi connectivity index (χ1n) is 6.95. The normalized spacial score (nSPS) is 22.5. The highest BCUT2D eigenvalue weighted by Gasteiger charge is 2.33. The van der Waals surface area contributed by atoms with Gasteiger partial charge >= 0.3 is 0 Å². The highest BCUT2D eigenvalue weighted by atomic mass is 16.3. The van der Waals surface area contributed by atoms with Crippen molar-refractivity contribution in [1.82, 2.24) is 9.97 Å². The topological polar surface area (TPSA) is 82.6 Å². The Morgan fingerprint density at radius 2 is 2.14 bits per heavy atom. The third kappa shape index (κ3) is 1.87. The predicted octanol–water partition coefficient (Wildman–Crippen LogP) is 1.31. The third-order valence-electron chi connectivity index (χ3n) is 4.01. The van der Waals surface area contributed by atoms with Crippen molar-refractivity contribution in [3.05, 3.63) is 30.6 Å². The van der Waals surface area contributed by atoms with Gasteiger partial charge in [0, 0.05) is 11.9 Å². The van der Waals surface area contributed by atoms with Gasteiger partial charge in [-0.25, -0.2) is 9.97 Å². The molecule has 3 aromatic rings. The van der Waals surface area contributed by atoms with Gasteiger partial charge in [0.2, 0.25) is 0 Å². The molecule has 0 saturated carbocycles. The van der Waals surface area contributed by atoms with Crippen LogP contribution in [0.5, 0.6) is 0 Å². The number of furan rings is 1. The second kappa shape index (κ2) is 4.68. The number of rotatable bonds is 2. The van der Waals surface area contributed by atoms with Crippen LogP contribution < -0.4 is 4.90 Å². The van der Waals surface area contributed by atoms with Crippen LogP contribution in [-0.4, -0.2) is 45.5 Å². The molecule has 21 heavy (non-hydrogen) atoms. The number of β-amino-alcohol motifs (C(OH)–C–C–N with tert-alkyl or cyclic N) is 1. The average Bonchev–Trinajstić information content (AvgIpc) is 3.07. The van der Waals surface area contributed by atoms with Gasteiger partial charge in [-0.05, 0) is 18.6 Å². The van der Waals surface area contributed by atoms with E-state index in [2.05, 4.69) is 9.97 Å². The Bertz CT molecular complexity index is 801. The summed E-state index contributed by atoms with van der Waals surface area (Å²) in [4.78, 5) is 10.5. The number of aliphatic hydroxyl groups is 2. The molecule has 108 valence electrons. The molecule has 1 aromatic carbocycles. The van der Waals surface area contributed by atoms with Gasteiger partial charge in [0.25, 0.3) is 0 Å². The third-order valence-corrected chi connectivity index (χ3v) is 4.01. The Kier molecular flexibility index (Phi) is 2.80. The Morgan fingerprint density at radius 1 is 1.29 bits per heavy atom. The van der Waals surface area contributed by atoms with Crippen molar-refractivity contribution in [3.63, 3.8) is 0 Å². The van der Waals surface area contributed by atoms with E-state index in [1.165, 1.54) is 6.33 Å². The molecule has 3 heterocycles. The van der Waals surface area contributed by atoms with Gasteiger partial charge in [-0.2, -0.15) is 0 Å². The number of aromatic nitrogens is 2. The number of nitrogens with zero attached hydrogens (tertiary/aromatic N) is 3. The first-order valence-corrected chi connectivity index (χ1v) is 6.95. The van der Waals surface area contributed by atoms with E-state index < -0.39 is 6.10 Å². The van der Waals surface area contributed by atoms with Crippen LogP contribution in [0.3, 0.4) is 0 Å². The Morgan fingerprint density at radius 3 is 3.00 bits per heavy atom. The van der Waals surface area contributed by atoms with Crippen molar-refractivity contribution >= 4 is 27.9 Å². The van der Waals surface area contributed by atoms with Crippen molar-refractivity contribution < 1.29 is 14.6 Å². The largest absolute Gasteiger partial charge is 0.450 e. The van der Waals surface area contributed by atoms with Gasteiger partial charge in [-0.15, -0.1) is 0 Å². The lowest BCUT2D eigenvalue weighted by atomic mass is 10.2. The summed E-state index contributed by atoms with van der Waals surface area (Å²) in [5, 5.41) is 20.3. The molecule has 1 aliphatic heterocycles. The molecule has 0 unspecified atom stereocenters. The lowest BCUT2D eigenvalue weighted by Gasteiger charge is -2.23. The zero-order chi connectivity index (χ0) is 14.4. The molecule has 0 bridgehead atoms. The zero-order valence-corrected chi connectivity index (χ0v) is 11.3. The van der Waals surface area contributed by atoms with Gasteiger partial charge < -0.3 is 19.5 Å². The number of hydrogen-bond donors (Lipinski definition) is 2. The summed E-state index contributed by atoms with van der Waals surface area (Å²) in [5.41, 5.74) is 2.12. The molecule has 6 heteroatoms. The molecular weight excluding hydrogens is 270 g/mol. The molecule has 1 saturated heterocycles. The first kappa shape index (κ1) is 12.6. The van der Waals surface area contributed by atoms with Crippen LogP contribution in [0.2, 0.25) is 0 Å². The number of para-hydroxylation sites is 1. The minimum atomic E-state index is -0.462. The van der Waals surface area contributed by atoms with Gasteiger partial charge in [0.1, 0.15) is 17.4 Å². The van der Waals surface area contributed by atoms with E-state index >= 15 is 0 Å². The lowest BCUT2D eigenvalue weighted by molar-refractivity contribution is 0.184. The molecule has 4 rings (SSSR count). The zero-order valence-electron chi connectivity index (χ0n) is 11.3. The van der Waals surface area contributed by atoms with Crippen LogP contribution in [0.25, 0.3) is 22.1 Å². The van der Waals surface area contributed by atoms with Crippen LogP contribution >= 0.6 is 0 Å². The molecule has 2 atom stereocenters. The number of fused-ring (bicyclic) bond motifs is 3. The van der Waals surface area contributed by atoms with Crippen LogP contribution in [0.4, 0.5) is 5.82 Å². The molecule has 0 aliphatic carbocycles. The fraction of sp³-hybridized carbons (Fsp3) is 0.333. The summed E-state index contributed by atoms with van der Waals surface area (Å²) in [6, 6.07) is 7.55. The quantitative estimate of drug-likeness (QED) is 0.738. The Hall–Kier alpha value is -2.18. The summed E-state index contributed by atoms with van der Waals surface area (Å²) in [5.74, 6) is 0.631. The maximum atomic E-state index is 9.85. The molecular formula is C15H15N3O3. The standard InChI is InChI=1S/C15H15N3O3/c19-7-9-5-10(20)6-18(9)15-14-13(16-8-17-15)11-3-1-2-4-12(11)21-14/h1-4,8-10,19-20H,5-7H2/t9-,10-/m1/s1. The van der Waals surface area contributed by atoms with Crippen LogP contribution in [0.15, 0.2) is 35.0 Å². The fourth-order valence-electron chi connectivity index (χ4n) is 3.04. The first-order chi connectivity index (χ1) is 10.3. The van der Waals surface area contributed by atoms with E-state index in [4.69, 9.17) is 4.42 Å². The van der Waals surface area contributed by atoms with Crippen molar-refractivity contribution in [2.75, 3.05) is 18.1 Å². The summed E-state index contributed by atoms with van der Waals surface area (Å²) in [6.45, 7) is 0.414. The molecule has 0 spiro atoms. The molecule has 2 N–H and O–H groups in total. The lowest BCUT2D eigenvalue weighted by Crippen LogP contribution is -2.33. The minimum Gasteiger partial charge on any atom is -0.450 e. The van der Waals surface area contributed by atoms with Crippen LogP contribution in [-0.2, 0) is 0 Å². The molecule has 1 aliphatic rings. The van der Waals surface area contributed by atoms with Gasteiger partial charge in [-0.3, -0.25) is 0 Å². The van der Waals surface area contributed by atoms with E-state index in [0.717, 1.165) is 16.5 Å². The summed E-state index contributed by atoms with van der Waals surface area (Å²) in [7, 11) is 0. The number of aliphatic hydroxyl groups excluding tert-OH is 2. The predicted molar refractivity (Wildman–Crippen MR) is 78.2 cm³/mol. The molecule has 6 nitrogen and oxygen atoms in total. The Labute approximate surface area is 120 Å². The highest BCUT2D eigenvalue weighted by molar-refractivity contribution is 6.05. The summed E-state index contributed by atoms with van der Waals surface area (Å²) >= 11 is 0. The second-order valence-electron chi connectivity index (χ2n) is 5.35. The number of anilines is 1. The van der Waals surface area contributed by atoms with Crippen LogP contribution in [0, 0.1) is 0 Å². The van der Waals surface area contributed by atoms with E-state index in [-0.39, 0.29) is 12.6 Å². The van der Waals surface area contributed by atoms with E-state index in [9.17, 15) is 10.2 Å². The average molecular weight is 285 g/mol. The SMILES string of the molecule is OC[C@H]1C[C@@H](O)CN1c1ncnc2c1oc1ccccc12. The Balaban J connectivity index is 1.93. The van der Waals surface area contributed by atoms with Crippen molar-refractivity contribution in [2.24, 2.45) is 0 Å². The summed E-state index contributed by atoms with van der Waals surface area (Å²) < 4.78 is 5.89. The van der Waals surface area contributed by atoms with E-state index in [0.29, 0.717) is 24.4 Å². The minimum absolute atomic E-state index is 0.0250. The van der Waals surface area contributed by atoms with Gasteiger partial charge in [-0.1, -0.05) is 12.1 Å². The molecule has 1 fully saturated rings. The molecule has 2 aromatic heterocycles. The van der Waals surface area contributed by atoms with Gasteiger partial charge in [0.05, 0.1) is 18.8 Å².